The van der Waals surface area contributed by atoms with E-state index >= 15 is 0 Å². The third-order valence-corrected chi connectivity index (χ3v) is 8.37. The van der Waals surface area contributed by atoms with E-state index in [4.69, 9.17) is 9.47 Å². The number of fused-ring (bicyclic) bond motifs is 1. The number of nitrogens with one attached hydrogen (secondary N) is 1. The molecule has 14 heteroatoms. The van der Waals surface area contributed by atoms with Crippen LogP contribution in [0.25, 0.3) is 16.9 Å². The number of morpholine rings is 1. The Bertz CT molecular complexity index is 1360. The third-order valence-electron chi connectivity index (χ3n) is 8.37. The molecule has 3 aliphatic heterocycles. The molecule has 3 fully saturated rings. The van der Waals surface area contributed by atoms with Gasteiger partial charge in [-0.2, -0.15) is 23.1 Å². The topological polar surface area (TPSA) is 80.6 Å². The fourth-order valence-corrected chi connectivity index (χ4v) is 6.04. The summed E-state index contributed by atoms with van der Waals surface area (Å²) in [6, 6.07) is 4.88. The highest BCUT2D eigenvalue weighted by molar-refractivity contribution is 5.79. The van der Waals surface area contributed by atoms with Gasteiger partial charge in [-0.3, -0.25) is 4.57 Å². The molecule has 2 aromatic heterocycles. The van der Waals surface area contributed by atoms with E-state index < -0.39 is 24.0 Å². The average Bonchev–Trinajstić information content (AvgIpc) is 3.40. The van der Waals surface area contributed by atoms with Gasteiger partial charge >= 0.3 is 6.18 Å². The molecule has 3 aliphatic rings. The zero-order chi connectivity index (χ0) is 29.3. The smallest absolute Gasteiger partial charge is 0.381 e. The minimum atomic E-state index is -4.65. The number of hydrogen-bond acceptors (Lipinski definition) is 8. The second kappa shape index (κ2) is 12.3. The number of ether oxygens (including phenoxy) is 2. The maximum absolute atomic E-state index is 14.2. The van der Waals surface area contributed by atoms with Gasteiger partial charge in [0, 0.05) is 45.0 Å². The van der Waals surface area contributed by atoms with Gasteiger partial charge in [-0.25, -0.2) is 13.8 Å². The van der Waals surface area contributed by atoms with Crippen LogP contribution in [0.5, 0.6) is 0 Å². The summed E-state index contributed by atoms with van der Waals surface area (Å²) in [5.41, 5.74) is -1.03. The van der Waals surface area contributed by atoms with Crippen molar-refractivity contribution in [3.8, 4) is 5.82 Å². The zero-order valence-electron chi connectivity index (χ0n) is 23.1. The summed E-state index contributed by atoms with van der Waals surface area (Å²) in [6.07, 6.45) is -3.56. The largest absolute Gasteiger partial charge is 0.416 e. The number of benzene rings is 1. The molecule has 1 N–H and O–H groups in total. The molecule has 0 spiro atoms. The molecule has 9 nitrogen and oxygen atoms in total. The van der Waals surface area contributed by atoms with Crippen molar-refractivity contribution in [1.82, 2.24) is 24.4 Å². The van der Waals surface area contributed by atoms with Crippen LogP contribution in [0.3, 0.4) is 0 Å². The van der Waals surface area contributed by atoms with Gasteiger partial charge in [-0.15, -0.1) is 0 Å². The highest BCUT2D eigenvalue weighted by Gasteiger charge is 2.32. The first-order chi connectivity index (χ1) is 20.3. The van der Waals surface area contributed by atoms with Crippen molar-refractivity contribution in [2.24, 2.45) is 5.92 Å². The standard InChI is InChI=1S/C28H34F5N7O2/c29-25(30)26-35-21-2-1-19(28(31,32)33)15-22(21)40(26)24-16-23(39-9-13-42-14-10-39)36-27(37-24)34-17-18-3-7-38(8-4-18)20-5-11-41-12-6-20/h1-2,15-16,18,20,25H,3-14,17H2,(H,34,36,37). The number of likely N-dealkylation sites (tertiary alicyclic amines) is 1. The Morgan fingerprint density at radius 3 is 2.24 bits per heavy atom. The average molecular weight is 596 g/mol. The van der Waals surface area contributed by atoms with E-state index in [0.29, 0.717) is 50.6 Å². The summed E-state index contributed by atoms with van der Waals surface area (Å²) in [5, 5.41) is 3.30. The highest BCUT2D eigenvalue weighted by atomic mass is 19.4. The van der Waals surface area contributed by atoms with Gasteiger partial charge in [0.05, 0.1) is 29.8 Å². The van der Waals surface area contributed by atoms with Gasteiger partial charge in [0.25, 0.3) is 6.43 Å². The van der Waals surface area contributed by atoms with E-state index in [1.807, 2.05) is 4.90 Å². The number of aromatic nitrogens is 4. The number of alkyl halides is 5. The van der Waals surface area contributed by atoms with Crippen LogP contribution in [0.2, 0.25) is 0 Å². The summed E-state index contributed by atoms with van der Waals surface area (Å²) < 4.78 is 81.0. The second-order valence-corrected chi connectivity index (χ2v) is 11.0. The van der Waals surface area contributed by atoms with E-state index in [-0.39, 0.29) is 22.8 Å². The second-order valence-electron chi connectivity index (χ2n) is 11.0. The zero-order valence-corrected chi connectivity index (χ0v) is 23.1. The maximum Gasteiger partial charge on any atom is 0.416 e. The molecule has 0 bridgehead atoms. The Morgan fingerprint density at radius 1 is 0.857 bits per heavy atom. The van der Waals surface area contributed by atoms with Gasteiger partial charge in [0.1, 0.15) is 11.6 Å². The predicted octanol–water partition coefficient (Wildman–Crippen LogP) is 4.91. The van der Waals surface area contributed by atoms with Crippen molar-refractivity contribution in [2.45, 2.75) is 44.3 Å². The monoisotopic (exact) mass is 595 g/mol. The van der Waals surface area contributed by atoms with Crippen LogP contribution >= 0.6 is 0 Å². The fraction of sp³-hybridized carbons (Fsp3) is 0.607. The molecule has 1 aromatic carbocycles. The summed E-state index contributed by atoms with van der Waals surface area (Å²) in [4.78, 5) is 17.7. The quantitative estimate of drug-likeness (QED) is 0.386. The molecule has 3 saturated heterocycles. The molecule has 0 amide bonds. The van der Waals surface area contributed by atoms with Crippen molar-refractivity contribution < 1.29 is 31.4 Å². The lowest BCUT2D eigenvalue weighted by molar-refractivity contribution is -0.137. The Kier molecular flexibility index (Phi) is 8.46. The minimum Gasteiger partial charge on any atom is -0.381 e. The van der Waals surface area contributed by atoms with Gasteiger partial charge < -0.3 is 24.6 Å². The molecule has 0 atom stereocenters. The number of halogens is 5. The first-order valence-corrected chi connectivity index (χ1v) is 14.4. The molecule has 228 valence electrons. The van der Waals surface area contributed by atoms with Crippen LogP contribution in [0, 0.1) is 5.92 Å². The maximum atomic E-state index is 14.2. The SMILES string of the molecule is FC(F)c1nc2ccc(C(F)(F)F)cc2n1-c1cc(N2CCOCC2)nc(NCC2CCN(C3CCOCC3)CC2)n1. The van der Waals surface area contributed by atoms with Crippen LogP contribution < -0.4 is 10.2 Å². The molecular formula is C28H34F5N7O2. The first-order valence-electron chi connectivity index (χ1n) is 14.4. The fourth-order valence-electron chi connectivity index (χ4n) is 6.04. The number of nitrogens with zero attached hydrogens (tertiary/aromatic N) is 6. The van der Waals surface area contributed by atoms with Crippen molar-refractivity contribution in [3.63, 3.8) is 0 Å². The van der Waals surface area contributed by atoms with Crippen LogP contribution in [0.15, 0.2) is 24.3 Å². The van der Waals surface area contributed by atoms with Crippen molar-refractivity contribution in [1.29, 1.82) is 0 Å². The number of anilines is 2. The van der Waals surface area contributed by atoms with Crippen molar-refractivity contribution >= 4 is 22.8 Å². The molecule has 0 radical (unpaired) electrons. The van der Waals surface area contributed by atoms with Crippen LogP contribution in [0.4, 0.5) is 33.7 Å². The Morgan fingerprint density at radius 2 is 1.55 bits per heavy atom. The summed E-state index contributed by atoms with van der Waals surface area (Å²) in [6.45, 7) is 6.21. The number of piperidine rings is 1. The summed E-state index contributed by atoms with van der Waals surface area (Å²) in [5.74, 6) is 0.437. The molecule has 42 heavy (non-hydrogen) atoms. The van der Waals surface area contributed by atoms with Crippen LogP contribution in [0.1, 0.15) is 43.5 Å². The summed E-state index contributed by atoms with van der Waals surface area (Å²) in [7, 11) is 0. The lowest BCUT2D eigenvalue weighted by Crippen LogP contribution is -2.44. The van der Waals surface area contributed by atoms with E-state index in [2.05, 4.69) is 25.2 Å². The number of rotatable bonds is 7. The molecule has 3 aromatic rings. The number of hydrogen-bond donors (Lipinski definition) is 1. The number of imidazole rings is 1. The first kappa shape index (κ1) is 29.0. The van der Waals surface area contributed by atoms with E-state index in [9.17, 15) is 22.0 Å². The van der Waals surface area contributed by atoms with Crippen molar-refractivity contribution in [3.05, 3.63) is 35.7 Å². The van der Waals surface area contributed by atoms with Gasteiger partial charge in [0.2, 0.25) is 5.95 Å². The van der Waals surface area contributed by atoms with Crippen LogP contribution in [-0.2, 0) is 15.7 Å². The van der Waals surface area contributed by atoms with Crippen molar-refractivity contribution in [2.75, 3.05) is 69.4 Å². The Balaban J connectivity index is 1.29. The summed E-state index contributed by atoms with van der Waals surface area (Å²) >= 11 is 0. The highest BCUT2D eigenvalue weighted by Crippen LogP contribution is 2.35. The van der Waals surface area contributed by atoms with E-state index in [1.54, 1.807) is 0 Å². The normalized spacial score (nSPS) is 20.1. The molecule has 0 saturated carbocycles. The molecule has 0 unspecified atom stereocenters. The predicted molar refractivity (Wildman–Crippen MR) is 146 cm³/mol. The third kappa shape index (κ3) is 6.30. The van der Waals surface area contributed by atoms with Crippen LogP contribution in [-0.4, -0.2) is 89.6 Å². The van der Waals surface area contributed by atoms with Gasteiger partial charge in [-0.05, 0) is 62.9 Å². The van der Waals surface area contributed by atoms with E-state index in [0.717, 1.165) is 74.8 Å². The minimum absolute atomic E-state index is 0.0237. The molecule has 0 aliphatic carbocycles. The van der Waals surface area contributed by atoms with Gasteiger partial charge in [-0.1, -0.05) is 0 Å². The Labute approximate surface area is 240 Å². The molecule has 5 heterocycles. The lowest BCUT2D eigenvalue weighted by Gasteiger charge is -2.39. The lowest BCUT2D eigenvalue weighted by atomic mass is 9.94. The molecule has 6 rings (SSSR count). The molecular weight excluding hydrogens is 561 g/mol. The van der Waals surface area contributed by atoms with E-state index in [1.165, 1.54) is 6.07 Å². The van der Waals surface area contributed by atoms with Gasteiger partial charge in [0.15, 0.2) is 5.82 Å². The Hall–Kier alpha value is -3.10.